The van der Waals surface area contributed by atoms with E-state index in [1.165, 1.54) is 0 Å². The molecule has 2 heterocycles. The third-order valence-electron chi connectivity index (χ3n) is 4.20. The summed E-state index contributed by atoms with van der Waals surface area (Å²) in [5, 5.41) is 12.1. The molecule has 0 aliphatic rings. The number of aromatic nitrogens is 1. The zero-order chi connectivity index (χ0) is 20.8. The molecule has 0 fully saturated rings. The van der Waals surface area contributed by atoms with E-state index in [1.807, 2.05) is 18.2 Å². The zero-order valence-electron chi connectivity index (χ0n) is 16.0. The average molecular weight is 393 g/mol. The maximum atomic E-state index is 12.4. The standard InChI is InChI=1S/C21H19N3O5/c1-14-19(17(11-22)20(29-14)24-9-3-4-10-24)21(26)28-13-18(25)23-12-15-5-7-16(27-2)8-6-15/h3-10H,12-13H2,1-2H3,(H,23,25). The molecule has 1 N–H and O–H groups in total. The molecule has 0 aliphatic heterocycles. The van der Waals surface area contributed by atoms with Gasteiger partial charge in [0.05, 0.1) is 7.11 Å². The molecule has 0 aliphatic carbocycles. The largest absolute Gasteiger partial charge is 0.497 e. The van der Waals surface area contributed by atoms with E-state index in [2.05, 4.69) is 5.32 Å². The van der Waals surface area contributed by atoms with Crippen LogP contribution in [0.3, 0.4) is 0 Å². The fourth-order valence-corrected chi connectivity index (χ4v) is 2.73. The number of amides is 1. The second-order valence-corrected chi connectivity index (χ2v) is 6.12. The molecule has 0 atom stereocenters. The molecule has 0 bridgehead atoms. The first kappa shape index (κ1) is 19.8. The summed E-state index contributed by atoms with van der Waals surface area (Å²) in [4.78, 5) is 24.4. The van der Waals surface area contributed by atoms with Crippen molar-refractivity contribution >= 4 is 11.9 Å². The molecule has 0 saturated carbocycles. The lowest BCUT2D eigenvalue weighted by Gasteiger charge is -2.07. The Morgan fingerprint density at radius 1 is 1.21 bits per heavy atom. The van der Waals surface area contributed by atoms with Crippen LogP contribution in [0.4, 0.5) is 0 Å². The number of hydrogen-bond acceptors (Lipinski definition) is 6. The predicted octanol–water partition coefficient (Wildman–Crippen LogP) is 2.73. The second kappa shape index (κ2) is 8.80. The maximum absolute atomic E-state index is 12.4. The van der Waals surface area contributed by atoms with Gasteiger partial charge < -0.3 is 19.2 Å². The Morgan fingerprint density at radius 3 is 2.52 bits per heavy atom. The van der Waals surface area contributed by atoms with Gasteiger partial charge in [-0.25, -0.2) is 4.79 Å². The normalized spacial score (nSPS) is 10.2. The van der Waals surface area contributed by atoms with Gasteiger partial charge in [0.15, 0.2) is 6.61 Å². The van der Waals surface area contributed by atoms with E-state index in [4.69, 9.17) is 13.9 Å². The Bertz CT molecular complexity index is 1040. The summed E-state index contributed by atoms with van der Waals surface area (Å²) in [6.07, 6.45) is 3.39. The fraction of sp³-hybridized carbons (Fsp3) is 0.190. The van der Waals surface area contributed by atoms with E-state index in [0.29, 0.717) is 0 Å². The van der Waals surface area contributed by atoms with Crippen molar-refractivity contribution in [3.8, 4) is 17.7 Å². The fourth-order valence-electron chi connectivity index (χ4n) is 2.73. The molecule has 29 heavy (non-hydrogen) atoms. The number of carbonyl (C=O) groups is 2. The average Bonchev–Trinajstić information content (AvgIpc) is 3.38. The number of aryl methyl sites for hydroxylation is 1. The first-order chi connectivity index (χ1) is 14.0. The number of benzene rings is 1. The van der Waals surface area contributed by atoms with Gasteiger partial charge in [-0.1, -0.05) is 12.1 Å². The maximum Gasteiger partial charge on any atom is 0.343 e. The van der Waals surface area contributed by atoms with Crippen molar-refractivity contribution in [3.05, 3.63) is 71.2 Å². The van der Waals surface area contributed by atoms with Crippen LogP contribution in [0.1, 0.15) is 27.2 Å². The number of methoxy groups -OCH3 is 1. The van der Waals surface area contributed by atoms with Crippen LogP contribution in [0.25, 0.3) is 5.88 Å². The minimum absolute atomic E-state index is 0.0131. The lowest BCUT2D eigenvalue weighted by atomic mass is 10.1. The lowest BCUT2D eigenvalue weighted by molar-refractivity contribution is -0.124. The minimum Gasteiger partial charge on any atom is -0.497 e. The summed E-state index contributed by atoms with van der Waals surface area (Å²) in [5.41, 5.74) is 0.945. The molecule has 8 heteroatoms. The van der Waals surface area contributed by atoms with Crippen molar-refractivity contribution in [2.24, 2.45) is 0 Å². The highest BCUT2D eigenvalue weighted by Gasteiger charge is 2.26. The first-order valence-corrected chi connectivity index (χ1v) is 8.77. The Kier molecular flexibility index (Phi) is 6.00. The van der Waals surface area contributed by atoms with Crippen LogP contribution < -0.4 is 10.1 Å². The molecular formula is C21H19N3O5. The number of furan rings is 1. The number of nitrogens with zero attached hydrogens (tertiary/aromatic N) is 2. The van der Waals surface area contributed by atoms with Crippen LogP contribution >= 0.6 is 0 Å². The summed E-state index contributed by atoms with van der Waals surface area (Å²) in [5.74, 6) is -0.0582. The second-order valence-electron chi connectivity index (χ2n) is 6.12. The molecule has 3 rings (SSSR count). The minimum atomic E-state index is -0.791. The number of nitrogens with one attached hydrogen (secondary N) is 1. The molecule has 3 aromatic rings. The Balaban J connectivity index is 1.60. The first-order valence-electron chi connectivity index (χ1n) is 8.77. The monoisotopic (exact) mass is 393 g/mol. The van der Waals surface area contributed by atoms with Crippen molar-refractivity contribution in [3.63, 3.8) is 0 Å². The molecule has 1 amide bonds. The van der Waals surface area contributed by atoms with E-state index >= 15 is 0 Å². The molecule has 2 aromatic heterocycles. The van der Waals surface area contributed by atoms with Crippen molar-refractivity contribution in [2.45, 2.75) is 13.5 Å². The highest BCUT2D eigenvalue weighted by molar-refractivity contribution is 5.95. The molecule has 1 aromatic carbocycles. The van der Waals surface area contributed by atoms with E-state index in [0.717, 1.165) is 11.3 Å². The zero-order valence-corrected chi connectivity index (χ0v) is 16.0. The highest BCUT2D eigenvalue weighted by Crippen LogP contribution is 2.26. The van der Waals surface area contributed by atoms with Crippen LogP contribution in [0.15, 0.2) is 53.2 Å². The molecule has 0 saturated heterocycles. The number of nitriles is 1. The molecule has 8 nitrogen and oxygen atoms in total. The van der Waals surface area contributed by atoms with Gasteiger partial charge in [0.2, 0.25) is 5.88 Å². The van der Waals surface area contributed by atoms with E-state index in [9.17, 15) is 14.9 Å². The summed E-state index contributed by atoms with van der Waals surface area (Å²) >= 11 is 0. The topological polar surface area (TPSA) is 106 Å². The van der Waals surface area contributed by atoms with E-state index < -0.39 is 18.5 Å². The third kappa shape index (κ3) is 4.47. The molecule has 0 radical (unpaired) electrons. The molecular weight excluding hydrogens is 374 g/mol. The number of rotatable bonds is 7. The van der Waals surface area contributed by atoms with Crippen LogP contribution in [-0.2, 0) is 16.1 Å². The van der Waals surface area contributed by atoms with Crippen molar-refractivity contribution in [2.75, 3.05) is 13.7 Å². The Hall–Kier alpha value is -3.99. The number of ether oxygens (including phenoxy) is 2. The van der Waals surface area contributed by atoms with Gasteiger partial charge in [0.25, 0.3) is 5.91 Å². The van der Waals surface area contributed by atoms with Gasteiger partial charge in [0.1, 0.15) is 28.7 Å². The van der Waals surface area contributed by atoms with Crippen LogP contribution in [0.2, 0.25) is 0 Å². The van der Waals surface area contributed by atoms with E-state index in [-0.39, 0.29) is 29.3 Å². The summed E-state index contributed by atoms with van der Waals surface area (Å²) in [6.45, 7) is 1.38. The molecule has 0 unspecified atom stereocenters. The Morgan fingerprint density at radius 2 is 1.90 bits per heavy atom. The van der Waals surface area contributed by atoms with Crippen molar-refractivity contribution < 1.29 is 23.5 Å². The van der Waals surface area contributed by atoms with Gasteiger partial charge in [-0.05, 0) is 36.8 Å². The smallest absolute Gasteiger partial charge is 0.343 e. The molecule has 0 spiro atoms. The van der Waals surface area contributed by atoms with Gasteiger partial charge in [0, 0.05) is 18.9 Å². The summed E-state index contributed by atoms with van der Waals surface area (Å²) in [6, 6.07) is 12.7. The highest BCUT2D eigenvalue weighted by atomic mass is 16.5. The van der Waals surface area contributed by atoms with Gasteiger partial charge in [-0.3, -0.25) is 9.36 Å². The van der Waals surface area contributed by atoms with Gasteiger partial charge in [-0.2, -0.15) is 5.26 Å². The Labute approximate surface area is 167 Å². The van der Waals surface area contributed by atoms with Crippen LogP contribution in [0.5, 0.6) is 5.75 Å². The predicted molar refractivity (Wildman–Crippen MR) is 103 cm³/mol. The van der Waals surface area contributed by atoms with Gasteiger partial charge in [-0.15, -0.1) is 0 Å². The molecule has 148 valence electrons. The summed E-state index contributed by atoms with van der Waals surface area (Å²) < 4.78 is 17.3. The van der Waals surface area contributed by atoms with Crippen molar-refractivity contribution in [1.82, 2.24) is 9.88 Å². The number of esters is 1. The lowest BCUT2D eigenvalue weighted by Crippen LogP contribution is -2.28. The van der Waals surface area contributed by atoms with Crippen LogP contribution in [0, 0.1) is 18.3 Å². The van der Waals surface area contributed by atoms with E-state index in [1.54, 1.807) is 55.3 Å². The number of carbonyl (C=O) groups excluding carboxylic acids is 2. The quantitative estimate of drug-likeness (QED) is 0.619. The SMILES string of the molecule is COc1ccc(CNC(=O)COC(=O)c2c(C)oc(-n3cccc3)c2C#N)cc1. The van der Waals surface area contributed by atoms with Crippen LogP contribution in [-0.4, -0.2) is 30.2 Å². The van der Waals surface area contributed by atoms with Crippen molar-refractivity contribution in [1.29, 1.82) is 5.26 Å². The number of hydrogen-bond donors (Lipinski definition) is 1. The summed E-state index contributed by atoms with van der Waals surface area (Å²) in [7, 11) is 1.58. The van der Waals surface area contributed by atoms with Gasteiger partial charge >= 0.3 is 5.97 Å². The third-order valence-corrected chi connectivity index (χ3v) is 4.20.